The third-order valence-corrected chi connectivity index (χ3v) is 2.68. The topological polar surface area (TPSA) is 76.0 Å². The lowest BCUT2D eigenvalue weighted by molar-refractivity contribution is -0.149. The number of aliphatic hydroxyl groups is 1. The van der Waals surface area contributed by atoms with E-state index >= 15 is 0 Å². The summed E-state index contributed by atoms with van der Waals surface area (Å²) >= 11 is 0. The smallest absolute Gasteiger partial charge is 0.309 e. The van der Waals surface area contributed by atoms with Gasteiger partial charge in [-0.2, -0.15) is 0 Å². The predicted molar refractivity (Wildman–Crippen MR) is 58.7 cm³/mol. The molecule has 0 amide bonds. The zero-order chi connectivity index (χ0) is 12.5. The Labute approximate surface area is 98.6 Å². The molecule has 1 heterocycles. The lowest BCUT2D eigenvalue weighted by Crippen LogP contribution is -2.31. The first-order valence-corrected chi connectivity index (χ1v) is 5.39. The molecule has 2 rings (SSSR count). The number of phenols is 1. The number of hydrogen-bond acceptors (Lipinski definition) is 5. The molecular formula is C12H14O5. The molecule has 1 aliphatic heterocycles. The summed E-state index contributed by atoms with van der Waals surface area (Å²) in [6, 6.07) is 4.42. The molecule has 1 aliphatic rings. The Morgan fingerprint density at radius 3 is 3.06 bits per heavy atom. The Kier molecular flexibility index (Phi) is 2.93. The summed E-state index contributed by atoms with van der Waals surface area (Å²) in [5, 5.41) is 19.6. The fourth-order valence-corrected chi connectivity index (χ4v) is 1.89. The summed E-state index contributed by atoms with van der Waals surface area (Å²) < 4.78 is 10.1. The van der Waals surface area contributed by atoms with Gasteiger partial charge in [0.15, 0.2) is 0 Å². The van der Waals surface area contributed by atoms with Crippen molar-refractivity contribution in [2.24, 2.45) is 0 Å². The monoisotopic (exact) mass is 238 g/mol. The van der Waals surface area contributed by atoms with Crippen molar-refractivity contribution in [3.05, 3.63) is 23.8 Å². The highest BCUT2D eigenvalue weighted by atomic mass is 16.5. The molecule has 17 heavy (non-hydrogen) atoms. The number of phenolic OH excluding ortho intramolecular Hbond substituents is 1. The van der Waals surface area contributed by atoms with E-state index in [2.05, 4.69) is 0 Å². The summed E-state index contributed by atoms with van der Waals surface area (Å²) in [6.07, 6.45) is -0.154. The van der Waals surface area contributed by atoms with Crippen LogP contribution < -0.4 is 4.74 Å². The third kappa shape index (κ3) is 2.19. The van der Waals surface area contributed by atoms with Gasteiger partial charge >= 0.3 is 5.97 Å². The summed E-state index contributed by atoms with van der Waals surface area (Å²) in [6.45, 7) is 1.97. The number of fused-ring (bicyclic) bond motifs is 1. The van der Waals surface area contributed by atoms with Gasteiger partial charge < -0.3 is 19.7 Å². The van der Waals surface area contributed by atoms with Crippen LogP contribution in [-0.2, 0) is 15.1 Å². The van der Waals surface area contributed by atoms with Gasteiger partial charge in [-0.1, -0.05) is 0 Å². The molecule has 0 bridgehead atoms. The fourth-order valence-electron chi connectivity index (χ4n) is 1.89. The van der Waals surface area contributed by atoms with Gasteiger partial charge in [0.25, 0.3) is 0 Å². The van der Waals surface area contributed by atoms with E-state index in [1.165, 1.54) is 12.1 Å². The minimum absolute atomic E-state index is 0.00932. The molecule has 0 radical (unpaired) electrons. The van der Waals surface area contributed by atoms with Crippen LogP contribution in [0.4, 0.5) is 0 Å². The Morgan fingerprint density at radius 1 is 1.59 bits per heavy atom. The average Bonchev–Trinajstić information content (AvgIpc) is 2.56. The van der Waals surface area contributed by atoms with Crippen molar-refractivity contribution in [3.63, 3.8) is 0 Å². The highest BCUT2D eigenvalue weighted by Crippen LogP contribution is 2.41. The van der Waals surface area contributed by atoms with Gasteiger partial charge in [0.2, 0.25) is 0 Å². The molecule has 0 spiro atoms. The fraction of sp³-hybridized carbons (Fsp3) is 0.417. The molecule has 0 saturated heterocycles. The summed E-state index contributed by atoms with van der Waals surface area (Å²) in [5.74, 6) is -0.0135. The summed E-state index contributed by atoms with van der Waals surface area (Å²) in [5.41, 5.74) is -0.863. The van der Waals surface area contributed by atoms with E-state index in [-0.39, 0.29) is 25.4 Å². The zero-order valence-corrected chi connectivity index (χ0v) is 9.47. The highest BCUT2D eigenvalue weighted by Gasteiger charge is 2.41. The molecule has 1 unspecified atom stereocenters. The van der Waals surface area contributed by atoms with Gasteiger partial charge in [-0.3, -0.25) is 4.79 Å². The average molecular weight is 238 g/mol. The van der Waals surface area contributed by atoms with Gasteiger partial charge in [-0.25, -0.2) is 0 Å². The second kappa shape index (κ2) is 4.25. The van der Waals surface area contributed by atoms with E-state index in [9.17, 15) is 15.0 Å². The van der Waals surface area contributed by atoms with E-state index in [4.69, 9.17) is 9.47 Å². The molecule has 2 N–H and O–H groups in total. The summed E-state index contributed by atoms with van der Waals surface area (Å²) in [7, 11) is 0. The number of ether oxygens (including phenoxy) is 2. The Morgan fingerprint density at radius 2 is 2.35 bits per heavy atom. The van der Waals surface area contributed by atoms with Gasteiger partial charge in [-0.15, -0.1) is 0 Å². The first-order chi connectivity index (χ1) is 8.05. The van der Waals surface area contributed by atoms with Crippen molar-refractivity contribution in [1.29, 1.82) is 0 Å². The molecular weight excluding hydrogens is 224 g/mol. The standard InChI is InChI=1S/C12H14O5/c1-2-16-11(14)6-12(15)7-17-10-5-8(13)3-4-9(10)12/h3-5,13,15H,2,6-7H2,1H3. The summed E-state index contributed by atoms with van der Waals surface area (Å²) in [4.78, 5) is 11.4. The van der Waals surface area contributed by atoms with Crippen molar-refractivity contribution >= 4 is 5.97 Å². The van der Waals surface area contributed by atoms with Gasteiger partial charge in [-0.05, 0) is 19.1 Å². The van der Waals surface area contributed by atoms with Crippen LogP contribution in [0.1, 0.15) is 18.9 Å². The zero-order valence-electron chi connectivity index (χ0n) is 9.47. The van der Waals surface area contributed by atoms with Crippen LogP contribution in [0.5, 0.6) is 11.5 Å². The molecule has 1 aromatic carbocycles. The number of carbonyl (C=O) groups excluding carboxylic acids is 1. The SMILES string of the molecule is CCOC(=O)CC1(O)COc2cc(O)ccc21. The maximum atomic E-state index is 11.4. The lowest BCUT2D eigenvalue weighted by atomic mass is 9.92. The predicted octanol–water partition coefficient (Wildman–Crippen LogP) is 0.925. The van der Waals surface area contributed by atoms with Crippen LogP contribution in [0.25, 0.3) is 0 Å². The van der Waals surface area contributed by atoms with Crippen LogP contribution in [-0.4, -0.2) is 29.4 Å². The van der Waals surface area contributed by atoms with Crippen LogP contribution in [0.2, 0.25) is 0 Å². The molecule has 92 valence electrons. The van der Waals surface area contributed by atoms with Crippen molar-refractivity contribution in [3.8, 4) is 11.5 Å². The van der Waals surface area contributed by atoms with Gasteiger partial charge in [0.1, 0.15) is 23.7 Å². The minimum atomic E-state index is -1.37. The normalized spacial score (nSPS) is 21.8. The van der Waals surface area contributed by atoms with Crippen molar-refractivity contribution in [2.75, 3.05) is 13.2 Å². The van der Waals surface area contributed by atoms with E-state index in [1.807, 2.05) is 0 Å². The number of esters is 1. The molecule has 0 aliphatic carbocycles. The first kappa shape index (κ1) is 11.7. The van der Waals surface area contributed by atoms with Gasteiger partial charge in [0.05, 0.1) is 13.0 Å². The Hall–Kier alpha value is -1.75. The number of aromatic hydroxyl groups is 1. The number of rotatable bonds is 3. The second-order valence-corrected chi connectivity index (χ2v) is 3.98. The van der Waals surface area contributed by atoms with Crippen molar-refractivity contribution in [2.45, 2.75) is 18.9 Å². The molecule has 1 aromatic rings. The molecule has 5 nitrogen and oxygen atoms in total. The molecule has 5 heteroatoms. The van der Waals surface area contributed by atoms with Crippen LogP contribution >= 0.6 is 0 Å². The number of hydrogen-bond donors (Lipinski definition) is 2. The van der Waals surface area contributed by atoms with E-state index in [1.54, 1.807) is 13.0 Å². The van der Waals surface area contributed by atoms with Crippen molar-refractivity contribution < 1.29 is 24.5 Å². The van der Waals surface area contributed by atoms with Crippen LogP contribution in [0.15, 0.2) is 18.2 Å². The molecule has 1 atom stereocenters. The largest absolute Gasteiger partial charge is 0.508 e. The quantitative estimate of drug-likeness (QED) is 0.766. The third-order valence-electron chi connectivity index (χ3n) is 2.68. The van der Waals surface area contributed by atoms with E-state index in [0.717, 1.165) is 0 Å². The maximum absolute atomic E-state index is 11.4. The van der Waals surface area contributed by atoms with E-state index < -0.39 is 11.6 Å². The maximum Gasteiger partial charge on any atom is 0.309 e. The number of carbonyl (C=O) groups is 1. The molecule has 0 fully saturated rings. The minimum Gasteiger partial charge on any atom is -0.508 e. The van der Waals surface area contributed by atoms with Gasteiger partial charge in [0, 0.05) is 11.6 Å². The Balaban J connectivity index is 2.22. The van der Waals surface area contributed by atoms with E-state index in [0.29, 0.717) is 11.3 Å². The van der Waals surface area contributed by atoms with Crippen molar-refractivity contribution in [1.82, 2.24) is 0 Å². The molecule has 0 saturated carbocycles. The van der Waals surface area contributed by atoms with Crippen LogP contribution in [0.3, 0.4) is 0 Å². The second-order valence-electron chi connectivity index (χ2n) is 3.98. The first-order valence-electron chi connectivity index (χ1n) is 5.39. The lowest BCUT2D eigenvalue weighted by Gasteiger charge is -2.19. The number of benzene rings is 1. The highest BCUT2D eigenvalue weighted by molar-refractivity contribution is 5.71. The Bertz CT molecular complexity index is 443. The molecule has 0 aromatic heterocycles. The van der Waals surface area contributed by atoms with Crippen LogP contribution in [0, 0.1) is 0 Å².